The van der Waals surface area contributed by atoms with E-state index in [0.29, 0.717) is 0 Å². The summed E-state index contributed by atoms with van der Waals surface area (Å²) in [5.74, 6) is 0.140. The van der Waals surface area contributed by atoms with Crippen LogP contribution in [0.1, 0.15) is 15.9 Å². The summed E-state index contributed by atoms with van der Waals surface area (Å²) >= 11 is 4.97. The minimum atomic E-state index is 0.140. The Balaban J connectivity index is 1.65. The molecule has 1 aromatic heterocycles. The van der Waals surface area contributed by atoms with Gasteiger partial charge in [0, 0.05) is 37.2 Å². The molecular weight excluding hydrogens is 348 g/mol. The Morgan fingerprint density at radius 2 is 1.90 bits per heavy atom. The summed E-state index contributed by atoms with van der Waals surface area (Å²) in [5.41, 5.74) is 3.36. The number of aryl methyl sites for hydroxylation is 1. The molecular formula is C16H17BrN2OS. The van der Waals surface area contributed by atoms with Crippen LogP contribution in [0.2, 0.25) is 0 Å². The third-order valence-corrected chi connectivity index (χ3v) is 5.34. The summed E-state index contributed by atoms with van der Waals surface area (Å²) in [6.07, 6.45) is 0. The Morgan fingerprint density at radius 1 is 1.19 bits per heavy atom. The van der Waals surface area contributed by atoms with Gasteiger partial charge in [-0.05, 0) is 40.5 Å². The number of halogens is 1. The molecule has 0 atom stereocenters. The molecule has 3 nitrogen and oxygen atoms in total. The lowest BCUT2D eigenvalue weighted by Crippen LogP contribution is -2.48. The fourth-order valence-corrected chi connectivity index (χ4v) is 3.80. The number of hydrogen-bond donors (Lipinski definition) is 0. The number of amides is 1. The minimum absolute atomic E-state index is 0.140. The van der Waals surface area contributed by atoms with Gasteiger partial charge in [-0.25, -0.2) is 0 Å². The van der Waals surface area contributed by atoms with E-state index < -0.39 is 0 Å². The second kappa shape index (κ2) is 6.20. The van der Waals surface area contributed by atoms with Gasteiger partial charge < -0.3 is 9.80 Å². The normalized spacial score (nSPS) is 15.3. The first-order valence-corrected chi connectivity index (χ1v) is 8.66. The van der Waals surface area contributed by atoms with E-state index in [1.54, 1.807) is 11.3 Å². The molecule has 1 aliphatic heterocycles. The van der Waals surface area contributed by atoms with Gasteiger partial charge in [0.1, 0.15) is 0 Å². The van der Waals surface area contributed by atoms with E-state index >= 15 is 0 Å². The van der Waals surface area contributed by atoms with Crippen LogP contribution >= 0.6 is 27.3 Å². The number of piperazine rings is 1. The highest BCUT2D eigenvalue weighted by Gasteiger charge is 2.23. The van der Waals surface area contributed by atoms with Crippen molar-refractivity contribution in [1.82, 2.24) is 4.90 Å². The molecule has 5 heteroatoms. The lowest BCUT2D eigenvalue weighted by molar-refractivity contribution is 0.0747. The zero-order valence-electron chi connectivity index (χ0n) is 11.9. The van der Waals surface area contributed by atoms with Crippen LogP contribution < -0.4 is 4.90 Å². The fourth-order valence-electron chi connectivity index (χ4n) is 2.67. The number of para-hydroxylation sites is 1. The second-order valence-corrected chi connectivity index (χ2v) is 7.50. The van der Waals surface area contributed by atoms with Crippen LogP contribution in [-0.2, 0) is 0 Å². The van der Waals surface area contributed by atoms with Gasteiger partial charge in [-0.1, -0.05) is 18.2 Å². The lowest BCUT2D eigenvalue weighted by atomic mass is 10.1. The average molecular weight is 365 g/mol. The van der Waals surface area contributed by atoms with Crippen molar-refractivity contribution in [3.8, 4) is 0 Å². The van der Waals surface area contributed by atoms with Gasteiger partial charge in [-0.3, -0.25) is 4.79 Å². The number of rotatable bonds is 2. The van der Waals surface area contributed by atoms with Crippen molar-refractivity contribution < 1.29 is 4.79 Å². The topological polar surface area (TPSA) is 23.6 Å². The monoisotopic (exact) mass is 364 g/mol. The Kier molecular flexibility index (Phi) is 4.31. The lowest BCUT2D eigenvalue weighted by Gasteiger charge is -2.36. The van der Waals surface area contributed by atoms with E-state index in [2.05, 4.69) is 52.0 Å². The predicted octanol–water partition coefficient (Wildman–Crippen LogP) is 3.78. The third kappa shape index (κ3) is 3.14. The number of hydrogen-bond acceptors (Lipinski definition) is 3. The van der Waals surface area contributed by atoms with E-state index in [1.165, 1.54) is 11.3 Å². The maximum absolute atomic E-state index is 12.4. The number of nitrogens with zero attached hydrogens (tertiary/aromatic N) is 2. The number of carbonyl (C=O) groups is 1. The first kappa shape index (κ1) is 14.6. The minimum Gasteiger partial charge on any atom is -0.368 e. The highest BCUT2D eigenvalue weighted by Crippen LogP contribution is 2.24. The van der Waals surface area contributed by atoms with Crippen LogP contribution in [0.15, 0.2) is 39.5 Å². The van der Waals surface area contributed by atoms with Crippen molar-refractivity contribution in [1.29, 1.82) is 0 Å². The number of thiophene rings is 1. The largest absolute Gasteiger partial charge is 0.368 e. The molecule has 1 aliphatic rings. The molecule has 0 radical (unpaired) electrons. The Morgan fingerprint density at radius 3 is 2.52 bits per heavy atom. The van der Waals surface area contributed by atoms with Gasteiger partial charge in [-0.2, -0.15) is 0 Å². The van der Waals surface area contributed by atoms with Crippen LogP contribution in [0.4, 0.5) is 5.69 Å². The molecule has 3 rings (SSSR count). The standard InChI is InChI=1S/C16H17BrN2OS/c1-12-4-2-3-5-14(12)18-6-8-19(9-7-18)16(20)13-10-15(17)21-11-13/h2-5,10-11H,6-9H2,1H3. The van der Waals surface area contributed by atoms with Crippen molar-refractivity contribution >= 4 is 38.9 Å². The molecule has 110 valence electrons. The smallest absolute Gasteiger partial charge is 0.254 e. The molecule has 0 spiro atoms. The van der Waals surface area contributed by atoms with E-state index in [4.69, 9.17) is 0 Å². The van der Waals surface area contributed by atoms with Gasteiger partial charge in [0.05, 0.1) is 9.35 Å². The molecule has 0 unspecified atom stereocenters. The number of anilines is 1. The highest BCUT2D eigenvalue weighted by atomic mass is 79.9. The SMILES string of the molecule is Cc1ccccc1N1CCN(C(=O)c2csc(Br)c2)CC1. The molecule has 0 bridgehead atoms. The van der Waals surface area contributed by atoms with Crippen molar-refractivity contribution in [2.75, 3.05) is 31.1 Å². The van der Waals surface area contributed by atoms with Gasteiger partial charge >= 0.3 is 0 Å². The molecule has 1 saturated heterocycles. The van der Waals surface area contributed by atoms with Gasteiger partial charge in [0.2, 0.25) is 0 Å². The third-order valence-electron chi connectivity index (χ3n) is 3.84. The molecule has 0 aliphatic carbocycles. The van der Waals surface area contributed by atoms with Crippen LogP contribution in [0.25, 0.3) is 0 Å². The predicted molar refractivity (Wildman–Crippen MR) is 91.3 cm³/mol. The molecule has 1 amide bonds. The van der Waals surface area contributed by atoms with Crippen molar-refractivity contribution in [2.45, 2.75) is 6.92 Å². The first-order valence-electron chi connectivity index (χ1n) is 6.99. The highest BCUT2D eigenvalue weighted by molar-refractivity contribution is 9.11. The molecule has 0 saturated carbocycles. The Labute approximate surface area is 137 Å². The van der Waals surface area contributed by atoms with Crippen molar-refractivity contribution in [3.63, 3.8) is 0 Å². The van der Waals surface area contributed by atoms with E-state index in [0.717, 1.165) is 35.5 Å². The zero-order valence-corrected chi connectivity index (χ0v) is 14.3. The summed E-state index contributed by atoms with van der Waals surface area (Å²) in [4.78, 5) is 16.7. The van der Waals surface area contributed by atoms with Crippen LogP contribution in [0.5, 0.6) is 0 Å². The number of carbonyl (C=O) groups excluding carboxylic acids is 1. The fraction of sp³-hybridized carbons (Fsp3) is 0.312. The number of benzene rings is 1. The molecule has 21 heavy (non-hydrogen) atoms. The molecule has 1 aromatic carbocycles. The summed E-state index contributed by atoms with van der Waals surface area (Å²) in [7, 11) is 0. The zero-order chi connectivity index (χ0) is 14.8. The van der Waals surface area contributed by atoms with Crippen LogP contribution in [0.3, 0.4) is 0 Å². The van der Waals surface area contributed by atoms with Crippen molar-refractivity contribution in [3.05, 3.63) is 50.6 Å². The van der Waals surface area contributed by atoms with Gasteiger partial charge in [0.25, 0.3) is 5.91 Å². The molecule has 2 heterocycles. The Hall–Kier alpha value is -1.33. The molecule has 1 fully saturated rings. The molecule has 2 aromatic rings. The van der Waals surface area contributed by atoms with Gasteiger partial charge in [0.15, 0.2) is 0 Å². The van der Waals surface area contributed by atoms with Crippen molar-refractivity contribution in [2.24, 2.45) is 0 Å². The Bertz CT molecular complexity index is 647. The maximum Gasteiger partial charge on any atom is 0.254 e. The van der Waals surface area contributed by atoms with E-state index in [-0.39, 0.29) is 5.91 Å². The molecule has 0 N–H and O–H groups in total. The van der Waals surface area contributed by atoms with Crippen LogP contribution in [0, 0.1) is 6.92 Å². The van der Waals surface area contributed by atoms with E-state index in [1.807, 2.05) is 16.3 Å². The van der Waals surface area contributed by atoms with Crippen LogP contribution in [-0.4, -0.2) is 37.0 Å². The van der Waals surface area contributed by atoms with Gasteiger partial charge in [-0.15, -0.1) is 11.3 Å². The average Bonchev–Trinajstić information content (AvgIpc) is 2.94. The maximum atomic E-state index is 12.4. The second-order valence-electron chi connectivity index (χ2n) is 5.21. The summed E-state index contributed by atoms with van der Waals surface area (Å²) in [5, 5.41) is 1.92. The summed E-state index contributed by atoms with van der Waals surface area (Å²) < 4.78 is 1.00. The quantitative estimate of drug-likeness (QED) is 0.809. The first-order chi connectivity index (χ1) is 10.1. The summed E-state index contributed by atoms with van der Waals surface area (Å²) in [6.45, 7) is 5.47. The van der Waals surface area contributed by atoms with E-state index in [9.17, 15) is 4.79 Å². The summed E-state index contributed by atoms with van der Waals surface area (Å²) in [6, 6.07) is 10.3.